The first-order valence-electron chi connectivity index (χ1n) is 12.0. The summed E-state index contributed by atoms with van der Waals surface area (Å²) in [4.78, 5) is 36.0. The Morgan fingerprint density at radius 1 is 0.886 bits per heavy atom. The molecule has 2 aliphatic rings. The van der Waals surface area contributed by atoms with Crippen LogP contribution in [0.3, 0.4) is 0 Å². The van der Waals surface area contributed by atoms with Crippen molar-refractivity contribution in [2.24, 2.45) is 0 Å². The number of carbonyl (C=O) groups is 2. The zero-order valence-corrected chi connectivity index (χ0v) is 20.1. The van der Waals surface area contributed by atoms with Crippen LogP contribution >= 0.6 is 11.3 Å². The largest absolute Gasteiger partial charge is 0.326 e. The maximum Gasteiger partial charge on any atom is 0.326 e. The Hall–Kier alpha value is -3.55. The Labute approximate surface area is 208 Å². The molecule has 2 saturated heterocycles. The van der Waals surface area contributed by atoms with Crippen LogP contribution in [0.5, 0.6) is 0 Å². The maximum atomic E-state index is 14.1. The van der Waals surface area contributed by atoms with Gasteiger partial charge in [-0.25, -0.2) is 14.7 Å². The second kappa shape index (κ2) is 8.91. The van der Waals surface area contributed by atoms with Crippen LogP contribution in [-0.2, 0) is 10.3 Å². The Morgan fingerprint density at radius 2 is 1.54 bits per heavy atom. The lowest BCUT2D eigenvalue weighted by molar-refractivity contribution is -0.132. The quantitative estimate of drug-likeness (QED) is 0.393. The van der Waals surface area contributed by atoms with Gasteiger partial charge >= 0.3 is 6.03 Å². The normalized spacial score (nSPS) is 20.3. The molecule has 2 aliphatic heterocycles. The average molecular weight is 483 g/mol. The molecule has 3 heterocycles. The van der Waals surface area contributed by atoms with Gasteiger partial charge in [0, 0.05) is 6.54 Å². The summed E-state index contributed by atoms with van der Waals surface area (Å²) in [6, 6.07) is 26.9. The molecule has 0 saturated carbocycles. The SMILES string of the molecule is O=C1NC(c2ccccc2)(c2ccccc2)C(=O)N1CN1CCCC[C@@H]1c1nc2ccccc2s1. The Balaban J connectivity index is 1.34. The fourth-order valence-corrected chi connectivity index (χ4v) is 6.43. The van der Waals surface area contributed by atoms with Gasteiger partial charge in [0.25, 0.3) is 5.91 Å². The van der Waals surface area contributed by atoms with Crippen molar-refractivity contribution < 1.29 is 9.59 Å². The van der Waals surface area contributed by atoms with Crippen molar-refractivity contribution in [2.45, 2.75) is 30.8 Å². The minimum atomic E-state index is -1.24. The summed E-state index contributed by atoms with van der Waals surface area (Å²) in [7, 11) is 0. The van der Waals surface area contributed by atoms with Gasteiger partial charge in [-0.05, 0) is 36.1 Å². The van der Waals surface area contributed by atoms with Gasteiger partial charge in [0.15, 0.2) is 5.54 Å². The molecule has 6 nitrogen and oxygen atoms in total. The summed E-state index contributed by atoms with van der Waals surface area (Å²) in [5.74, 6) is -0.242. The highest BCUT2D eigenvalue weighted by Gasteiger charge is 2.54. The molecule has 0 bridgehead atoms. The predicted octanol–water partition coefficient (Wildman–Crippen LogP) is 5.28. The zero-order valence-electron chi connectivity index (χ0n) is 19.3. The van der Waals surface area contributed by atoms with Gasteiger partial charge in [0.1, 0.15) is 5.01 Å². The zero-order chi connectivity index (χ0) is 23.8. The first-order valence-corrected chi connectivity index (χ1v) is 12.8. The lowest BCUT2D eigenvalue weighted by Gasteiger charge is -2.36. The summed E-state index contributed by atoms with van der Waals surface area (Å²) in [6.45, 7) is 1.06. The van der Waals surface area contributed by atoms with E-state index in [1.54, 1.807) is 11.3 Å². The first kappa shape index (κ1) is 21.9. The van der Waals surface area contributed by atoms with Gasteiger partial charge in [-0.1, -0.05) is 79.2 Å². The molecule has 3 amide bonds. The minimum Gasteiger partial charge on any atom is -0.315 e. The predicted molar refractivity (Wildman–Crippen MR) is 137 cm³/mol. The van der Waals surface area contributed by atoms with Crippen molar-refractivity contribution in [1.29, 1.82) is 0 Å². The first-order chi connectivity index (χ1) is 17.2. The third kappa shape index (κ3) is 3.72. The van der Waals surface area contributed by atoms with Gasteiger partial charge in [0.05, 0.1) is 22.9 Å². The number of aromatic nitrogens is 1. The number of hydrogen-bond donors (Lipinski definition) is 1. The van der Waals surface area contributed by atoms with E-state index in [0.717, 1.165) is 52.2 Å². The van der Waals surface area contributed by atoms with Gasteiger partial charge in [-0.15, -0.1) is 11.3 Å². The van der Waals surface area contributed by atoms with Gasteiger partial charge in [0.2, 0.25) is 0 Å². The lowest BCUT2D eigenvalue weighted by Crippen LogP contribution is -2.47. The minimum absolute atomic E-state index is 0.0881. The number of urea groups is 1. The van der Waals surface area contributed by atoms with Crippen LogP contribution in [0.25, 0.3) is 10.2 Å². The highest BCUT2D eigenvalue weighted by molar-refractivity contribution is 7.18. The number of thiazole rings is 1. The highest BCUT2D eigenvalue weighted by atomic mass is 32.1. The van der Waals surface area contributed by atoms with Crippen LogP contribution in [0.2, 0.25) is 0 Å². The van der Waals surface area contributed by atoms with E-state index in [4.69, 9.17) is 4.98 Å². The van der Waals surface area contributed by atoms with E-state index >= 15 is 0 Å². The smallest absolute Gasteiger partial charge is 0.315 e. The summed E-state index contributed by atoms with van der Waals surface area (Å²) < 4.78 is 1.16. The number of hydrogen-bond acceptors (Lipinski definition) is 5. The number of piperidine rings is 1. The van der Waals surface area contributed by atoms with Crippen LogP contribution in [0, 0.1) is 0 Å². The van der Waals surface area contributed by atoms with Gasteiger partial charge in [-0.2, -0.15) is 0 Å². The average Bonchev–Trinajstić information content (AvgIpc) is 3.45. The molecule has 1 aromatic heterocycles. The number of amides is 3. The van der Waals surface area contributed by atoms with Gasteiger partial charge < -0.3 is 5.32 Å². The van der Waals surface area contributed by atoms with E-state index in [1.807, 2.05) is 78.9 Å². The second-order valence-corrected chi connectivity index (χ2v) is 10.2. The Bertz CT molecular complexity index is 1300. The molecule has 0 aliphatic carbocycles. The number of rotatable bonds is 5. The third-order valence-corrected chi connectivity index (χ3v) is 8.19. The molecule has 0 radical (unpaired) electrons. The molecule has 4 aromatic rings. The Kier molecular flexibility index (Phi) is 5.59. The molecule has 2 fully saturated rings. The molecule has 0 unspecified atom stereocenters. The van der Waals surface area contributed by atoms with Crippen molar-refractivity contribution in [3.05, 3.63) is 101 Å². The molecular weight excluding hydrogens is 456 g/mol. The number of likely N-dealkylation sites (tertiary alicyclic amines) is 1. The molecule has 6 rings (SSSR count). The second-order valence-electron chi connectivity index (χ2n) is 9.13. The van der Waals surface area contributed by atoms with Crippen LogP contribution in [-0.4, -0.2) is 39.9 Å². The molecule has 3 aromatic carbocycles. The number of fused-ring (bicyclic) bond motifs is 1. The van der Waals surface area contributed by atoms with Crippen LogP contribution in [0.4, 0.5) is 4.79 Å². The van der Waals surface area contributed by atoms with E-state index in [0.29, 0.717) is 0 Å². The Morgan fingerprint density at radius 3 is 2.23 bits per heavy atom. The van der Waals surface area contributed by atoms with Crippen molar-refractivity contribution in [1.82, 2.24) is 20.1 Å². The van der Waals surface area contributed by atoms with Gasteiger partial charge in [-0.3, -0.25) is 9.69 Å². The number of nitrogens with zero attached hydrogens (tertiary/aromatic N) is 3. The molecule has 1 atom stereocenters. The molecule has 1 N–H and O–H groups in total. The van der Waals surface area contributed by atoms with E-state index in [1.165, 1.54) is 4.90 Å². The number of carbonyl (C=O) groups excluding carboxylic acids is 2. The van der Waals surface area contributed by atoms with E-state index in [2.05, 4.69) is 16.3 Å². The van der Waals surface area contributed by atoms with Crippen molar-refractivity contribution in [2.75, 3.05) is 13.2 Å². The van der Waals surface area contributed by atoms with E-state index in [-0.39, 0.29) is 24.6 Å². The number of nitrogens with one attached hydrogen (secondary N) is 1. The fraction of sp³-hybridized carbons (Fsp3) is 0.250. The monoisotopic (exact) mass is 482 g/mol. The van der Waals surface area contributed by atoms with E-state index in [9.17, 15) is 9.59 Å². The summed E-state index contributed by atoms with van der Waals surface area (Å²) in [5.41, 5.74) is 1.28. The summed E-state index contributed by atoms with van der Waals surface area (Å²) in [6.07, 6.45) is 3.11. The van der Waals surface area contributed by atoms with Crippen molar-refractivity contribution in [3.8, 4) is 0 Å². The van der Waals surface area contributed by atoms with Crippen LogP contribution in [0.1, 0.15) is 41.4 Å². The summed E-state index contributed by atoms with van der Waals surface area (Å²) in [5, 5.41) is 4.11. The molecular formula is C28H26N4O2S. The topological polar surface area (TPSA) is 65.5 Å². The standard InChI is InChI=1S/C28H26N4O2S/c33-26-28(20-11-3-1-4-12-20,21-13-5-2-6-14-21)30-27(34)32(26)19-31-18-10-9-16-23(31)25-29-22-15-7-8-17-24(22)35-25/h1-8,11-15,17,23H,9-10,16,18-19H2,(H,30,34)/t23-/m1/s1. The fourth-order valence-electron chi connectivity index (χ4n) is 5.29. The number of benzene rings is 3. The molecule has 0 spiro atoms. The lowest BCUT2D eigenvalue weighted by atomic mass is 9.83. The van der Waals surface area contributed by atoms with Crippen LogP contribution < -0.4 is 5.32 Å². The maximum absolute atomic E-state index is 14.1. The number of imide groups is 1. The molecule has 176 valence electrons. The van der Waals surface area contributed by atoms with Crippen molar-refractivity contribution in [3.63, 3.8) is 0 Å². The van der Waals surface area contributed by atoms with Crippen LogP contribution in [0.15, 0.2) is 84.9 Å². The third-order valence-electron chi connectivity index (χ3n) is 7.05. The summed E-state index contributed by atoms with van der Waals surface area (Å²) >= 11 is 1.70. The van der Waals surface area contributed by atoms with Crippen molar-refractivity contribution >= 4 is 33.5 Å². The number of para-hydroxylation sites is 1. The highest BCUT2D eigenvalue weighted by Crippen LogP contribution is 2.39. The molecule has 35 heavy (non-hydrogen) atoms. The molecule has 7 heteroatoms. The van der Waals surface area contributed by atoms with E-state index < -0.39 is 5.54 Å².